The molecule has 0 aromatic carbocycles. The molecule has 1 atom stereocenters. The Morgan fingerprint density at radius 1 is 1.58 bits per heavy atom. The van der Waals surface area contributed by atoms with Crippen LogP contribution in [0.1, 0.15) is 39.5 Å². The number of nitrogens with zero attached hydrogens (tertiary/aromatic N) is 2. The van der Waals surface area contributed by atoms with Crippen molar-refractivity contribution in [2.24, 2.45) is 0 Å². The standard InChI is InChI=1S/C13H22BrN3O2/c1-3-7-15-13(2,12(18)19)6-4-5-8-17-10-11(14)9-16-17/h9-10,15H,3-8H2,1-2H3,(H,18,19). The summed E-state index contributed by atoms with van der Waals surface area (Å²) in [7, 11) is 0. The van der Waals surface area contributed by atoms with Gasteiger partial charge in [0.2, 0.25) is 0 Å². The predicted octanol–water partition coefficient (Wildman–Crippen LogP) is 2.66. The maximum atomic E-state index is 11.3. The highest BCUT2D eigenvalue weighted by atomic mass is 79.9. The molecule has 0 bridgehead atoms. The second kappa shape index (κ2) is 7.65. The Balaban J connectivity index is 2.34. The van der Waals surface area contributed by atoms with Crippen molar-refractivity contribution in [1.29, 1.82) is 0 Å². The normalized spacial score (nSPS) is 14.3. The number of aryl methyl sites for hydroxylation is 1. The van der Waals surface area contributed by atoms with Gasteiger partial charge in [-0.3, -0.25) is 9.48 Å². The topological polar surface area (TPSA) is 67.2 Å². The third-order valence-electron chi connectivity index (χ3n) is 3.15. The number of hydrogen-bond donors (Lipinski definition) is 2. The molecule has 0 radical (unpaired) electrons. The lowest BCUT2D eigenvalue weighted by molar-refractivity contribution is -0.144. The molecule has 6 heteroatoms. The van der Waals surface area contributed by atoms with Crippen molar-refractivity contribution in [1.82, 2.24) is 15.1 Å². The molecule has 0 spiro atoms. The zero-order chi connectivity index (χ0) is 14.3. The molecule has 0 saturated heterocycles. The van der Waals surface area contributed by atoms with Crippen molar-refractivity contribution < 1.29 is 9.90 Å². The van der Waals surface area contributed by atoms with Crippen LogP contribution in [0.2, 0.25) is 0 Å². The number of unbranched alkanes of at least 4 members (excludes halogenated alkanes) is 1. The predicted molar refractivity (Wildman–Crippen MR) is 78.1 cm³/mol. The van der Waals surface area contributed by atoms with Crippen LogP contribution in [-0.4, -0.2) is 32.9 Å². The van der Waals surface area contributed by atoms with Gasteiger partial charge in [0.25, 0.3) is 0 Å². The fraction of sp³-hybridized carbons (Fsp3) is 0.692. The number of aliphatic carboxylic acids is 1. The first-order chi connectivity index (χ1) is 8.98. The molecule has 19 heavy (non-hydrogen) atoms. The van der Waals surface area contributed by atoms with Gasteiger partial charge in [0.1, 0.15) is 5.54 Å². The van der Waals surface area contributed by atoms with Crippen LogP contribution in [0.25, 0.3) is 0 Å². The van der Waals surface area contributed by atoms with Crippen molar-refractivity contribution >= 4 is 21.9 Å². The van der Waals surface area contributed by atoms with Gasteiger partial charge in [-0.15, -0.1) is 0 Å². The Kier molecular flexibility index (Phi) is 6.51. The van der Waals surface area contributed by atoms with Crippen LogP contribution >= 0.6 is 15.9 Å². The molecule has 2 N–H and O–H groups in total. The fourth-order valence-corrected chi connectivity index (χ4v) is 2.21. The van der Waals surface area contributed by atoms with Gasteiger partial charge in [-0.05, 0) is 55.1 Å². The number of halogens is 1. The molecule has 5 nitrogen and oxygen atoms in total. The second-order valence-electron chi connectivity index (χ2n) is 4.94. The van der Waals surface area contributed by atoms with Gasteiger partial charge in [0.05, 0.1) is 10.7 Å². The molecule has 108 valence electrons. The van der Waals surface area contributed by atoms with Gasteiger partial charge in [-0.2, -0.15) is 5.10 Å². The molecule has 1 aromatic heterocycles. The van der Waals surface area contributed by atoms with E-state index in [0.29, 0.717) is 6.42 Å². The summed E-state index contributed by atoms with van der Waals surface area (Å²) >= 11 is 3.35. The molecule has 0 aliphatic carbocycles. The highest BCUT2D eigenvalue weighted by Crippen LogP contribution is 2.15. The molecular formula is C13H22BrN3O2. The van der Waals surface area contributed by atoms with Crippen LogP contribution in [0, 0.1) is 0 Å². The number of carboxylic acid groups (broad SMARTS) is 1. The summed E-state index contributed by atoms with van der Waals surface area (Å²) in [6, 6.07) is 0. The summed E-state index contributed by atoms with van der Waals surface area (Å²) in [5.74, 6) is -0.775. The number of hydrogen-bond acceptors (Lipinski definition) is 3. The summed E-state index contributed by atoms with van der Waals surface area (Å²) in [5.41, 5.74) is -0.819. The zero-order valence-electron chi connectivity index (χ0n) is 11.5. The monoisotopic (exact) mass is 331 g/mol. The first-order valence-electron chi connectivity index (χ1n) is 6.64. The van der Waals surface area contributed by atoms with Gasteiger partial charge in [-0.25, -0.2) is 0 Å². The lowest BCUT2D eigenvalue weighted by Gasteiger charge is -2.26. The first kappa shape index (κ1) is 16.2. The van der Waals surface area contributed by atoms with Crippen LogP contribution in [0.3, 0.4) is 0 Å². The minimum absolute atomic E-state index is 0.630. The van der Waals surface area contributed by atoms with E-state index in [1.54, 1.807) is 13.1 Å². The third kappa shape index (κ3) is 5.32. The van der Waals surface area contributed by atoms with Crippen LogP contribution in [0.5, 0.6) is 0 Å². The van der Waals surface area contributed by atoms with Gasteiger partial charge in [-0.1, -0.05) is 6.92 Å². The fourth-order valence-electron chi connectivity index (χ4n) is 1.88. The second-order valence-corrected chi connectivity index (χ2v) is 5.86. The molecule has 0 saturated carbocycles. The largest absolute Gasteiger partial charge is 0.480 e. The van der Waals surface area contributed by atoms with Gasteiger partial charge >= 0.3 is 5.97 Å². The molecule has 1 aromatic rings. The lowest BCUT2D eigenvalue weighted by Crippen LogP contribution is -2.49. The van der Waals surface area contributed by atoms with Crippen molar-refractivity contribution in [3.63, 3.8) is 0 Å². The van der Waals surface area contributed by atoms with E-state index in [9.17, 15) is 9.90 Å². The molecule has 1 rings (SSSR count). The smallest absolute Gasteiger partial charge is 0.323 e. The lowest BCUT2D eigenvalue weighted by atomic mass is 9.94. The molecule has 0 aliphatic heterocycles. The number of aromatic nitrogens is 2. The summed E-state index contributed by atoms with van der Waals surface area (Å²) in [6.45, 7) is 5.34. The van der Waals surface area contributed by atoms with Gasteiger partial charge < -0.3 is 10.4 Å². The molecule has 1 unspecified atom stereocenters. The summed E-state index contributed by atoms with van der Waals surface area (Å²) in [6.07, 6.45) is 7.02. The molecule has 0 aliphatic rings. The summed E-state index contributed by atoms with van der Waals surface area (Å²) in [4.78, 5) is 11.3. The third-order valence-corrected chi connectivity index (χ3v) is 3.56. The van der Waals surface area contributed by atoms with Crippen LogP contribution in [0.4, 0.5) is 0 Å². The summed E-state index contributed by atoms with van der Waals surface area (Å²) in [5, 5.41) is 16.6. The number of nitrogens with one attached hydrogen (secondary N) is 1. The van der Waals surface area contributed by atoms with E-state index in [1.807, 2.05) is 17.8 Å². The zero-order valence-corrected chi connectivity index (χ0v) is 13.1. The molecular weight excluding hydrogens is 310 g/mol. The maximum Gasteiger partial charge on any atom is 0.323 e. The Morgan fingerprint density at radius 2 is 2.32 bits per heavy atom. The van der Waals surface area contributed by atoms with E-state index in [1.165, 1.54) is 0 Å². The van der Waals surface area contributed by atoms with Crippen LogP contribution in [0.15, 0.2) is 16.9 Å². The minimum Gasteiger partial charge on any atom is -0.480 e. The van der Waals surface area contributed by atoms with Crippen molar-refractivity contribution in [3.8, 4) is 0 Å². The van der Waals surface area contributed by atoms with Crippen molar-refractivity contribution in [2.45, 2.75) is 51.6 Å². The Hall–Kier alpha value is -0.880. The highest BCUT2D eigenvalue weighted by molar-refractivity contribution is 9.10. The minimum atomic E-state index is -0.819. The van der Waals surface area contributed by atoms with E-state index < -0.39 is 11.5 Å². The number of rotatable bonds is 9. The highest BCUT2D eigenvalue weighted by Gasteiger charge is 2.31. The Labute approximate surface area is 122 Å². The Morgan fingerprint density at radius 3 is 2.84 bits per heavy atom. The van der Waals surface area contributed by atoms with Gasteiger partial charge in [0.15, 0.2) is 0 Å². The average molecular weight is 332 g/mol. The van der Waals surface area contributed by atoms with Crippen LogP contribution in [-0.2, 0) is 11.3 Å². The van der Waals surface area contributed by atoms with E-state index in [4.69, 9.17) is 0 Å². The first-order valence-corrected chi connectivity index (χ1v) is 7.43. The molecule has 0 fully saturated rings. The number of carboxylic acids is 1. The van der Waals surface area contributed by atoms with E-state index in [2.05, 4.69) is 26.3 Å². The SMILES string of the molecule is CCCNC(C)(CCCCn1cc(Br)cn1)C(=O)O. The molecule has 1 heterocycles. The molecule has 0 amide bonds. The average Bonchev–Trinajstić information content (AvgIpc) is 2.78. The quantitative estimate of drug-likeness (QED) is 0.682. The van der Waals surface area contributed by atoms with Gasteiger partial charge in [0, 0.05) is 12.7 Å². The van der Waals surface area contributed by atoms with E-state index in [-0.39, 0.29) is 0 Å². The Bertz CT molecular complexity index is 408. The van der Waals surface area contributed by atoms with Crippen molar-refractivity contribution in [3.05, 3.63) is 16.9 Å². The number of carbonyl (C=O) groups is 1. The maximum absolute atomic E-state index is 11.3. The summed E-state index contributed by atoms with van der Waals surface area (Å²) < 4.78 is 2.83. The van der Waals surface area contributed by atoms with E-state index in [0.717, 1.165) is 36.8 Å². The van der Waals surface area contributed by atoms with E-state index >= 15 is 0 Å². The van der Waals surface area contributed by atoms with Crippen LogP contribution < -0.4 is 5.32 Å². The van der Waals surface area contributed by atoms with Crippen molar-refractivity contribution in [2.75, 3.05) is 6.54 Å².